The quantitative estimate of drug-likeness (QED) is 0.801. The van der Waals surface area contributed by atoms with Crippen LogP contribution in [0.3, 0.4) is 0 Å². The fourth-order valence-corrected chi connectivity index (χ4v) is 2.35. The summed E-state index contributed by atoms with van der Waals surface area (Å²) >= 11 is 5.83. The molecule has 0 spiro atoms. The molecule has 0 aliphatic heterocycles. The van der Waals surface area contributed by atoms with Gasteiger partial charge < -0.3 is 15.2 Å². The molecule has 0 aromatic heterocycles. The molecular weight excluding hydrogens is 330 g/mol. The Morgan fingerprint density at radius 3 is 2.33 bits per heavy atom. The minimum Gasteiger partial charge on any atom is -0.481 e. The molecule has 1 amide bonds. The number of amides is 1. The summed E-state index contributed by atoms with van der Waals surface area (Å²) in [6.07, 6.45) is -0.452. The number of aliphatic carboxylic acids is 1. The summed E-state index contributed by atoms with van der Waals surface area (Å²) in [5.74, 6) is -0.989. The smallest absolute Gasteiger partial charge is 0.407 e. The molecule has 2 aromatic rings. The van der Waals surface area contributed by atoms with Crippen LogP contribution in [0, 0.1) is 0 Å². The molecule has 2 rings (SSSR count). The minimum absolute atomic E-state index is 0.132. The van der Waals surface area contributed by atoms with Gasteiger partial charge in [-0.15, -0.1) is 0 Å². The molecule has 1 unspecified atom stereocenters. The van der Waals surface area contributed by atoms with E-state index in [-0.39, 0.29) is 13.0 Å². The van der Waals surface area contributed by atoms with E-state index in [9.17, 15) is 9.59 Å². The third-order valence-electron chi connectivity index (χ3n) is 3.35. The van der Waals surface area contributed by atoms with Crippen molar-refractivity contribution in [2.45, 2.75) is 25.5 Å². The highest BCUT2D eigenvalue weighted by Gasteiger charge is 2.17. The Morgan fingerprint density at radius 1 is 1.04 bits per heavy atom. The number of alkyl carbamates (subject to hydrolysis) is 1. The van der Waals surface area contributed by atoms with Crippen molar-refractivity contribution < 1.29 is 19.4 Å². The summed E-state index contributed by atoms with van der Waals surface area (Å²) in [6, 6.07) is 15.7. The first kappa shape index (κ1) is 17.8. The molecule has 0 aliphatic rings. The van der Waals surface area contributed by atoms with Crippen LogP contribution in [0.5, 0.6) is 0 Å². The third kappa shape index (κ3) is 6.30. The Balaban J connectivity index is 1.91. The van der Waals surface area contributed by atoms with Gasteiger partial charge in [0.05, 0.1) is 6.42 Å². The largest absolute Gasteiger partial charge is 0.481 e. The van der Waals surface area contributed by atoms with Crippen molar-refractivity contribution in [2.75, 3.05) is 0 Å². The predicted molar refractivity (Wildman–Crippen MR) is 91.0 cm³/mol. The molecule has 0 saturated heterocycles. The van der Waals surface area contributed by atoms with Gasteiger partial charge in [0.25, 0.3) is 0 Å². The van der Waals surface area contributed by atoms with Crippen LogP contribution in [0.25, 0.3) is 0 Å². The second-order valence-corrected chi connectivity index (χ2v) is 5.77. The van der Waals surface area contributed by atoms with Crippen molar-refractivity contribution >= 4 is 23.7 Å². The Bertz CT molecular complexity index is 673. The maximum absolute atomic E-state index is 11.9. The molecule has 0 fully saturated rings. The van der Waals surface area contributed by atoms with Crippen LogP contribution in [-0.4, -0.2) is 23.2 Å². The van der Waals surface area contributed by atoms with Gasteiger partial charge in [-0.3, -0.25) is 4.79 Å². The van der Waals surface area contributed by atoms with Crippen molar-refractivity contribution in [3.63, 3.8) is 0 Å². The summed E-state index contributed by atoms with van der Waals surface area (Å²) < 4.78 is 5.13. The lowest BCUT2D eigenvalue weighted by atomic mass is 10.0. The molecule has 24 heavy (non-hydrogen) atoms. The molecule has 0 radical (unpaired) electrons. The number of hydrogen-bond donors (Lipinski definition) is 2. The van der Waals surface area contributed by atoms with Crippen molar-refractivity contribution in [3.8, 4) is 0 Å². The van der Waals surface area contributed by atoms with Gasteiger partial charge >= 0.3 is 12.1 Å². The Hall–Kier alpha value is -2.53. The minimum atomic E-state index is -0.989. The van der Waals surface area contributed by atoms with Gasteiger partial charge in [0.15, 0.2) is 0 Å². The van der Waals surface area contributed by atoms with Crippen LogP contribution in [-0.2, 0) is 22.6 Å². The number of ether oxygens (including phenoxy) is 1. The number of rotatable bonds is 7. The highest BCUT2D eigenvalue weighted by molar-refractivity contribution is 6.30. The fourth-order valence-electron chi connectivity index (χ4n) is 2.22. The Morgan fingerprint density at radius 2 is 1.71 bits per heavy atom. The second kappa shape index (κ2) is 8.93. The van der Waals surface area contributed by atoms with Gasteiger partial charge in [-0.1, -0.05) is 54.1 Å². The van der Waals surface area contributed by atoms with E-state index in [0.29, 0.717) is 11.4 Å². The first-order valence-corrected chi connectivity index (χ1v) is 7.84. The van der Waals surface area contributed by atoms with E-state index >= 15 is 0 Å². The third-order valence-corrected chi connectivity index (χ3v) is 3.60. The zero-order chi connectivity index (χ0) is 17.4. The van der Waals surface area contributed by atoms with Gasteiger partial charge in [0, 0.05) is 11.1 Å². The molecule has 1 atom stereocenters. The van der Waals surface area contributed by atoms with E-state index in [1.165, 1.54) is 0 Å². The number of carbonyl (C=O) groups excluding carboxylic acids is 1. The lowest BCUT2D eigenvalue weighted by Crippen LogP contribution is -2.38. The lowest BCUT2D eigenvalue weighted by molar-refractivity contribution is -0.137. The first-order chi connectivity index (χ1) is 11.5. The zero-order valence-electron chi connectivity index (χ0n) is 12.9. The molecule has 2 aromatic carbocycles. The van der Waals surface area contributed by atoms with Gasteiger partial charge in [0.1, 0.15) is 6.61 Å². The van der Waals surface area contributed by atoms with Crippen molar-refractivity contribution in [2.24, 2.45) is 0 Å². The summed E-state index contributed by atoms with van der Waals surface area (Å²) in [4.78, 5) is 22.9. The lowest BCUT2D eigenvalue weighted by Gasteiger charge is -2.17. The second-order valence-electron chi connectivity index (χ2n) is 5.33. The van der Waals surface area contributed by atoms with E-state index in [1.54, 1.807) is 24.3 Å². The van der Waals surface area contributed by atoms with Gasteiger partial charge in [0.2, 0.25) is 0 Å². The van der Waals surface area contributed by atoms with Crippen LogP contribution < -0.4 is 5.32 Å². The van der Waals surface area contributed by atoms with Crippen LogP contribution in [0.1, 0.15) is 17.5 Å². The summed E-state index contributed by atoms with van der Waals surface area (Å²) in [7, 11) is 0. The number of carboxylic acid groups (broad SMARTS) is 1. The Kier molecular flexibility index (Phi) is 6.63. The van der Waals surface area contributed by atoms with Crippen LogP contribution in [0.4, 0.5) is 4.79 Å². The van der Waals surface area contributed by atoms with Crippen LogP contribution >= 0.6 is 11.6 Å². The number of hydrogen-bond acceptors (Lipinski definition) is 3. The van der Waals surface area contributed by atoms with Gasteiger partial charge in [-0.2, -0.15) is 0 Å². The number of halogens is 1. The first-order valence-electron chi connectivity index (χ1n) is 7.46. The summed E-state index contributed by atoms with van der Waals surface area (Å²) in [5.41, 5.74) is 1.74. The van der Waals surface area contributed by atoms with Crippen molar-refractivity contribution in [1.29, 1.82) is 0 Å². The number of carbonyl (C=O) groups is 2. The molecule has 126 valence electrons. The maximum atomic E-state index is 11.9. The summed E-state index contributed by atoms with van der Waals surface area (Å²) in [6.45, 7) is 0.132. The molecule has 0 saturated carbocycles. The molecule has 6 heteroatoms. The SMILES string of the molecule is O=C(O)CC(Cc1ccc(Cl)cc1)NC(=O)OCc1ccccc1. The molecule has 0 aliphatic carbocycles. The highest BCUT2D eigenvalue weighted by Crippen LogP contribution is 2.12. The van der Waals surface area contributed by atoms with Crippen LogP contribution in [0.2, 0.25) is 5.02 Å². The molecular formula is C18H18ClNO4. The van der Waals surface area contributed by atoms with Crippen molar-refractivity contribution in [3.05, 3.63) is 70.7 Å². The number of carboxylic acids is 1. The van der Waals surface area contributed by atoms with Crippen LogP contribution in [0.15, 0.2) is 54.6 Å². The van der Waals surface area contributed by atoms with Crippen molar-refractivity contribution in [1.82, 2.24) is 5.32 Å². The van der Waals surface area contributed by atoms with E-state index in [0.717, 1.165) is 11.1 Å². The average Bonchev–Trinajstić information content (AvgIpc) is 2.55. The van der Waals surface area contributed by atoms with Gasteiger partial charge in [-0.05, 0) is 29.7 Å². The van der Waals surface area contributed by atoms with E-state index in [1.807, 2.05) is 30.3 Å². The molecule has 0 bridgehead atoms. The highest BCUT2D eigenvalue weighted by atomic mass is 35.5. The average molecular weight is 348 g/mol. The zero-order valence-corrected chi connectivity index (χ0v) is 13.7. The number of nitrogens with one attached hydrogen (secondary N) is 1. The van der Waals surface area contributed by atoms with E-state index in [4.69, 9.17) is 21.4 Å². The predicted octanol–water partition coefficient (Wildman–Crippen LogP) is 3.65. The summed E-state index contributed by atoms with van der Waals surface area (Å²) in [5, 5.41) is 12.2. The number of benzene rings is 2. The topological polar surface area (TPSA) is 75.6 Å². The molecule has 2 N–H and O–H groups in total. The molecule has 5 nitrogen and oxygen atoms in total. The molecule has 0 heterocycles. The van der Waals surface area contributed by atoms with E-state index < -0.39 is 18.1 Å². The monoisotopic (exact) mass is 347 g/mol. The standard InChI is InChI=1S/C18H18ClNO4/c19-15-8-6-13(7-9-15)10-16(11-17(21)22)20-18(23)24-12-14-4-2-1-3-5-14/h1-9,16H,10-12H2,(H,20,23)(H,21,22). The normalized spacial score (nSPS) is 11.5. The maximum Gasteiger partial charge on any atom is 0.407 e. The Labute approximate surface area is 145 Å². The fraction of sp³-hybridized carbons (Fsp3) is 0.222. The van der Waals surface area contributed by atoms with E-state index in [2.05, 4.69) is 5.32 Å². The van der Waals surface area contributed by atoms with Gasteiger partial charge in [-0.25, -0.2) is 4.79 Å².